The fourth-order valence-corrected chi connectivity index (χ4v) is 1.40. The van der Waals surface area contributed by atoms with E-state index in [0.717, 1.165) is 11.3 Å². The molecule has 1 atom stereocenters. The summed E-state index contributed by atoms with van der Waals surface area (Å²) in [6, 6.07) is 1.45. The van der Waals surface area contributed by atoms with Crippen molar-refractivity contribution in [3.8, 4) is 5.75 Å². The lowest BCUT2D eigenvalue weighted by molar-refractivity contribution is 0.0702. The number of ether oxygens (including phenoxy) is 1. The first-order valence-electron chi connectivity index (χ1n) is 3.80. The molecule has 1 rings (SSSR count). The average molecular weight is 201 g/mol. The molecule has 0 aliphatic heterocycles. The van der Waals surface area contributed by atoms with Crippen molar-refractivity contribution in [3.05, 3.63) is 16.3 Å². The van der Waals surface area contributed by atoms with Gasteiger partial charge in [0.15, 0.2) is 0 Å². The summed E-state index contributed by atoms with van der Waals surface area (Å²) in [6.07, 6.45) is 0. The maximum absolute atomic E-state index is 10.5. The molecule has 0 saturated heterocycles. The van der Waals surface area contributed by atoms with Gasteiger partial charge in [0.25, 0.3) is 0 Å². The first-order chi connectivity index (χ1) is 6.09. The molecular weight excluding hydrogens is 190 g/mol. The molecule has 0 aromatic carbocycles. The van der Waals surface area contributed by atoms with Crippen LogP contribution in [0.5, 0.6) is 5.75 Å². The molecular formula is C8H11NO3S. The van der Waals surface area contributed by atoms with Gasteiger partial charge in [-0.05, 0) is 6.92 Å². The van der Waals surface area contributed by atoms with Gasteiger partial charge in [-0.25, -0.2) is 4.79 Å². The van der Waals surface area contributed by atoms with Gasteiger partial charge < -0.3 is 15.6 Å². The minimum Gasteiger partial charge on any atom is -0.491 e. The number of carboxylic acids is 1. The molecule has 1 heterocycles. The maximum atomic E-state index is 10.5. The van der Waals surface area contributed by atoms with E-state index in [4.69, 9.17) is 15.6 Å². The molecule has 0 aliphatic rings. The standard InChI is InChI=1S/C8H11NO3S/c1-5(9)3-12-6-2-7(8(10)11)13-4-6/h2,4-5H,3,9H2,1H3,(H,10,11). The summed E-state index contributed by atoms with van der Waals surface area (Å²) in [6.45, 7) is 2.22. The molecule has 1 unspecified atom stereocenters. The Balaban J connectivity index is 2.54. The van der Waals surface area contributed by atoms with Crippen molar-refractivity contribution in [1.29, 1.82) is 0 Å². The van der Waals surface area contributed by atoms with Crippen LogP contribution in [0.3, 0.4) is 0 Å². The molecule has 5 heteroatoms. The molecule has 0 amide bonds. The summed E-state index contributed by atoms with van der Waals surface area (Å²) in [5.41, 5.74) is 5.47. The van der Waals surface area contributed by atoms with E-state index in [0.29, 0.717) is 12.4 Å². The van der Waals surface area contributed by atoms with Crippen LogP contribution in [0.2, 0.25) is 0 Å². The first kappa shape index (κ1) is 10.0. The van der Waals surface area contributed by atoms with Crippen molar-refractivity contribution >= 4 is 17.3 Å². The molecule has 0 fully saturated rings. The van der Waals surface area contributed by atoms with Gasteiger partial charge in [0, 0.05) is 17.5 Å². The fraction of sp³-hybridized carbons (Fsp3) is 0.375. The van der Waals surface area contributed by atoms with Crippen molar-refractivity contribution in [2.24, 2.45) is 5.73 Å². The average Bonchev–Trinajstić information content (AvgIpc) is 2.48. The van der Waals surface area contributed by atoms with E-state index in [2.05, 4.69) is 0 Å². The molecule has 72 valence electrons. The Morgan fingerprint density at radius 1 is 1.85 bits per heavy atom. The van der Waals surface area contributed by atoms with Crippen molar-refractivity contribution in [1.82, 2.24) is 0 Å². The highest BCUT2D eigenvalue weighted by Gasteiger charge is 2.07. The lowest BCUT2D eigenvalue weighted by atomic mass is 10.4. The molecule has 0 bridgehead atoms. The van der Waals surface area contributed by atoms with Gasteiger partial charge >= 0.3 is 5.97 Å². The van der Waals surface area contributed by atoms with E-state index in [1.54, 1.807) is 5.38 Å². The Morgan fingerprint density at radius 2 is 2.54 bits per heavy atom. The van der Waals surface area contributed by atoms with E-state index >= 15 is 0 Å². The summed E-state index contributed by atoms with van der Waals surface area (Å²) < 4.78 is 5.22. The lowest BCUT2D eigenvalue weighted by Gasteiger charge is -2.05. The van der Waals surface area contributed by atoms with Crippen molar-refractivity contribution in [2.75, 3.05) is 6.61 Å². The Bertz CT molecular complexity index is 295. The van der Waals surface area contributed by atoms with Crippen LogP contribution in [-0.2, 0) is 0 Å². The van der Waals surface area contributed by atoms with Gasteiger partial charge in [0.1, 0.15) is 17.2 Å². The van der Waals surface area contributed by atoms with Crippen molar-refractivity contribution in [2.45, 2.75) is 13.0 Å². The number of nitrogens with two attached hydrogens (primary N) is 1. The predicted octanol–water partition coefficient (Wildman–Crippen LogP) is 1.17. The van der Waals surface area contributed by atoms with E-state index in [9.17, 15) is 4.79 Å². The zero-order valence-electron chi connectivity index (χ0n) is 7.19. The van der Waals surface area contributed by atoms with Crippen LogP contribution in [0.1, 0.15) is 16.6 Å². The zero-order valence-corrected chi connectivity index (χ0v) is 8.00. The Kier molecular flexibility index (Phi) is 3.27. The highest BCUT2D eigenvalue weighted by atomic mass is 32.1. The van der Waals surface area contributed by atoms with Crippen molar-refractivity contribution < 1.29 is 14.6 Å². The number of carboxylic acid groups (broad SMARTS) is 1. The third-order valence-electron chi connectivity index (χ3n) is 1.30. The molecule has 13 heavy (non-hydrogen) atoms. The Hall–Kier alpha value is -1.07. The summed E-state index contributed by atoms with van der Waals surface area (Å²) in [4.78, 5) is 10.8. The first-order valence-corrected chi connectivity index (χ1v) is 4.67. The monoisotopic (exact) mass is 201 g/mol. The zero-order chi connectivity index (χ0) is 9.84. The summed E-state index contributed by atoms with van der Waals surface area (Å²) in [5.74, 6) is -0.361. The second-order valence-corrected chi connectivity index (χ2v) is 3.65. The molecule has 0 radical (unpaired) electrons. The normalized spacial score (nSPS) is 12.5. The maximum Gasteiger partial charge on any atom is 0.346 e. The van der Waals surface area contributed by atoms with Gasteiger partial charge in [-0.2, -0.15) is 0 Å². The van der Waals surface area contributed by atoms with Crippen LogP contribution < -0.4 is 10.5 Å². The topological polar surface area (TPSA) is 72.5 Å². The van der Waals surface area contributed by atoms with Crippen LogP contribution in [0.15, 0.2) is 11.4 Å². The van der Waals surface area contributed by atoms with E-state index in [-0.39, 0.29) is 10.9 Å². The second-order valence-electron chi connectivity index (χ2n) is 2.74. The minimum absolute atomic E-state index is 0.0480. The van der Waals surface area contributed by atoms with Gasteiger partial charge in [0.2, 0.25) is 0 Å². The van der Waals surface area contributed by atoms with Crippen LogP contribution in [0.25, 0.3) is 0 Å². The lowest BCUT2D eigenvalue weighted by Crippen LogP contribution is -2.23. The largest absolute Gasteiger partial charge is 0.491 e. The molecule has 3 N–H and O–H groups in total. The quantitative estimate of drug-likeness (QED) is 0.767. The van der Waals surface area contributed by atoms with Gasteiger partial charge in [-0.1, -0.05) is 0 Å². The third kappa shape index (κ3) is 3.04. The summed E-state index contributed by atoms with van der Waals surface area (Å²) >= 11 is 1.14. The van der Waals surface area contributed by atoms with Crippen LogP contribution >= 0.6 is 11.3 Å². The van der Waals surface area contributed by atoms with E-state index in [1.165, 1.54) is 6.07 Å². The van der Waals surface area contributed by atoms with Crippen molar-refractivity contribution in [3.63, 3.8) is 0 Å². The third-order valence-corrected chi connectivity index (χ3v) is 2.20. The van der Waals surface area contributed by atoms with E-state index in [1.807, 2.05) is 6.92 Å². The van der Waals surface area contributed by atoms with Crippen LogP contribution in [0, 0.1) is 0 Å². The van der Waals surface area contributed by atoms with Gasteiger partial charge in [-0.3, -0.25) is 0 Å². The number of carbonyl (C=O) groups is 1. The Labute approximate surface area is 79.9 Å². The number of rotatable bonds is 4. The summed E-state index contributed by atoms with van der Waals surface area (Å²) in [7, 11) is 0. The smallest absolute Gasteiger partial charge is 0.346 e. The minimum atomic E-state index is -0.930. The molecule has 0 spiro atoms. The van der Waals surface area contributed by atoms with Gasteiger partial charge in [0.05, 0.1) is 0 Å². The number of hydrogen-bond donors (Lipinski definition) is 2. The molecule has 1 aromatic rings. The second kappa shape index (κ2) is 4.25. The predicted molar refractivity (Wildman–Crippen MR) is 50.4 cm³/mol. The SMILES string of the molecule is CC(N)COc1csc(C(=O)O)c1. The van der Waals surface area contributed by atoms with Gasteiger partial charge in [-0.15, -0.1) is 11.3 Å². The molecule has 4 nitrogen and oxygen atoms in total. The molecule has 0 aliphatic carbocycles. The highest BCUT2D eigenvalue weighted by Crippen LogP contribution is 2.21. The van der Waals surface area contributed by atoms with E-state index < -0.39 is 5.97 Å². The summed E-state index contributed by atoms with van der Waals surface area (Å²) in [5, 5.41) is 10.3. The number of thiophene rings is 1. The molecule has 0 saturated carbocycles. The fourth-order valence-electron chi connectivity index (χ4n) is 0.734. The van der Waals surface area contributed by atoms with Crippen LogP contribution in [0.4, 0.5) is 0 Å². The number of aromatic carboxylic acids is 1. The molecule has 1 aromatic heterocycles. The number of hydrogen-bond acceptors (Lipinski definition) is 4. The Morgan fingerprint density at radius 3 is 3.00 bits per heavy atom. The highest BCUT2D eigenvalue weighted by molar-refractivity contribution is 7.12. The van der Waals surface area contributed by atoms with Crippen LogP contribution in [-0.4, -0.2) is 23.7 Å².